The number of nitrogens with one attached hydrogen (secondary N) is 1. The van der Waals surface area contributed by atoms with E-state index in [-0.39, 0.29) is 5.82 Å². The van der Waals surface area contributed by atoms with Gasteiger partial charge in [-0.05, 0) is 43.1 Å². The van der Waals surface area contributed by atoms with Gasteiger partial charge in [0.2, 0.25) is 0 Å². The largest absolute Gasteiger partial charge is 0.311 e. The van der Waals surface area contributed by atoms with Gasteiger partial charge in [-0.2, -0.15) is 15.0 Å². The maximum atomic E-state index is 13.0. The van der Waals surface area contributed by atoms with Crippen LogP contribution >= 0.6 is 0 Å². The van der Waals surface area contributed by atoms with E-state index in [9.17, 15) is 4.39 Å². The van der Waals surface area contributed by atoms with E-state index < -0.39 is 0 Å². The number of aromatic nitrogens is 3. The number of aryl methyl sites for hydroxylation is 1. The van der Waals surface area contributed by atoms with Crippen LogP contribution in [0.4, 0.5) is 4.39 Å². The van der Waals surface area contributed by atoms with Crippen LogP contribution in [0.15, 0.2) is 78.9 Å². The Kier molecular flexibility index (Phi) is 6.30. The first-order chi connectivity index (χ1) is 14.7. The Morgan fingerprint density at radius 2 is 1.67 bits per heavy atom. The molecule has 0 aliphatic carbocycles. The SMILES string of the molecule is Cc1cccc(Cn2nc(CNCCc3ccc(F)cc3)c(-c3ccccc3)n2)c1. The molecule has 0 bridgehead atoms. The summed E-state index contributed by atoms with van der Waals surface area (Å²) in [6.07, 6.45) is 0.832. The molecule has 4 aromatic rings. The molecular weight excluding hydrogens is 375 g/mol. The molecule has 0 saturated carbocycles. The van der Waals surface area contributed by atoms with Crippen molar-refractivity contribution in [2.45, 2.75) is 26.4 Å². The molecule has 4 nitrogen and oxygen atoms in total. The van der Waals surface area contributed by atoms with Gasteiger partial charge in [0, 0.05) is 12.1 Å². The third-order valence-electron chi connectivity index (χ3n) is 4.97. The Balaban J connectivity index is 1.47. The average Bonchev–Trinajstić information content (AvgIpc) is 3.15. The predicted octanol–water partition coefficient (Wildman–Crippen LogP) is 4.77. The lowest BCUT2D eigenvalue weighted by atomic mass is 10.1. The standard InChI is InChI=1S/C25H25FN4/c1-19-6-5-7-21(16-19)18-30-28-24(25(29-30)22-8-3-2-4-9-22)17-27-15-14-20-10-12-23(26)13-11-20/h2-13,16,27H,14-15,17-18H2,1H3. The number of hydrogen-bond donors (Lipinski definition) is 1. The molecule has 5 heteroatoms. The zero-order valence-electron chi connectivity index (χ0n) is 17.1. The molecule has 0 aliphatic rings. The lowest BCUT2D eigenvalue weighted by Gasteiger charge is -2.05. The molecule has 1 N–H and O–H groups in total. The molecule has 0 radical (unpaired) electrons. The summed E-state index contributed by atoms with van der Waals surface area (Å²) in [5.41, 5.74) is 6.40. The van der Waals surface area contributed by atoms with Crippen molar-refractivity contribution in [3.63, 3.8) is 0 Å². The first kappa shape index (κ1) is 20.0. The Morgan fingerprint density at radius 3 is 2.43 bits per heavy atom. The summed E-state index contributed by atoms with van der Waals surface area (Å²) in [5.74, 6) is -0.204. The third-order valence-corrected chi connectivity index (χ3v) is 4.97. The molecule has 3 aromatic carbocycles. The van der Waals surface area contributed by atoms with Crippen LogP contribution in [0.3, 0.4) is 0 Å². The summed E-state index contributed by atoms with van der Waals surface area (Å²) < 4.78 is 13.0. The van der Waals surface area contributed by atoms with Crippen molar-refractivity contribution in [1.29, 1.82) is 0 Å². The highest BCUT2D eigenvalue weighted by molar-refractivity contribution is 5.60. The average molecular weight is 401 g/mol. The van der Waals surface area contributed by atoms with Crippen molar-refractivity contribution in [2.24, 2.45) is 0 Å². The summed E-state index contributed by atoms with van der Waals surface area (Å²) in [6, 6.07) is 25.2. The van der Waals surface area contributed by atoms with Crippen LogP contribution < -0.4 is 5.32 Å². The second-order valence-electron chi connectivity index (χ2n) is 7.43. The lowest BCUT2D eigenvalue weighted by molar-refractivity contribution is 0.576. The van der Waals surface area contributed by atoms with Gasteiger partial charge in [0.15, 0.2) is 0 Å². The van der Waals surface area contributed by atoms with E-state index in [1.807, 2.05) is 30.3 Å². The maximum Gasteiger partial charge on any atom is 0.123 e. The van der Waals surface area contributed by atoms with E-state index in [2.05, 4.69) is 48.6 Å². The van der Waals surface area contributed by atoms with Gasteiger partial charge in [0.25, 0.3) is 0 Å². The summed E-state index contributed by atoms with van der Waals surface area (Å²) in [5, 5.41) is 13.0. The van der Waals surface area contributed by atoms with Crippen LogP contribution in [0, 0.1) is 12.7 Å². The van der Waals surface area contributed by atoms with Gasteiger partial charge in [-0.15, -0.1) is 0 Å². The monoisotopic (exact) mass is 400 g/mol. The molecular formula is C25H25FN4. The number of nitrogens with zero attached hydrogens (tertiary/aromatic N) is 3. The zero-order valence-corrected chi connectivity index (χ0v) is 17.1. The normalized spacial score (nSPS) is 11.0. The van der Waals surface area contributed by atoms with Crippen LogP contribution in [0.2, 0.25) is 0 Å². The fourth-order valence-corrected chi connectivity index (χ4v) is 3.46. The molecule has 0 unspecified atom stereocenters. The fraction of sp³-hybridized carbons (Fsp3) is 0.200. The Hall–Kier alpha value is -3.31. The molecule has 0 amide bonds. The van der Waals surface area contributed by atoms with Gasteiger partial charge in [-0.3, -0.25) is 0 Å². The van der Waals surface area contributed by atoms with Crippen molar-refractivity contribution in [3.05, 3.63) is 107 Å². The van der Waals surface area contributed by atoms with E-state index >= 15 is 0 Å². The smallest absolute Gasteiger partial charge is 0.123 e. The predicted molar refractivity (Wildman–Crippen MR) is 118 cm³/mol. The quantitative estimate of drug-likeness (QED) is 0.433. The van der Waals surface area contributed by atoms with Crippen LogP contribution in [0.1, 0.15) is 22.4 Å². The van der Waals surface area contributed by atoms with E-state index in [0.29, 0.717) is 13.1 Å². The molecule has 152 valence electrons. The Bertz CT molecular complexity index is 1090. The number of benzene rings is 3. The molecule has 0 saturated heterocycles. The van der Waals surface area contributed by atoms with E-state index in [1.165, 1.54) is 23.3 Å². The summed E-state index contributed by atoms with van der Waals surface area (Å²) in [7, 11) is 0. The summed E-state index contributed by atoms with van der Waals surface area (Å²) >= 11 is 0. The van der Waals surface area contributed by atoms with Crippen molar-refractivity contribution < 1.29 is 4.39 Å². The van der Waals surface area contributed by atoms with Crippen LogP contribution in [-0.4, -0.2) is 21.5 Å². The van der Waals surface area contributed by atoms with Gasteiger partial charge in [0.1, 0.15) is 17.2 Å². The van der Waals surface area contributed by atoms with Crippen molar-refractivity contribution in [2.75, 3.05) is 6.54 Å². The molecule has 0 aliphatic heterocycles. The van der Waals surface area contributed by atoms with E-state index in [4.69, 9.17) is 10.2 Å². The lowest BCUT2D eigenvalue weighted by Crippen LogP contribution is -2.17. The van der Waals surface area contributed by atoms with Crippen LogP contribution in [0.5, 0.6) is 0 Å². The van der Waals surface area contributed by atoms with E-state index in [0.717, 1.165) is 35.5 Å². The highest BCUT2D eigenvalue weighted by atomic mass is 19.1. The minimum Gasteiger partial charge on any atom is -0.311 e. The summed E-state index contributed by atoms with van der Waals surface area (Å²) in [6.45, 7) is 4.13. The molecule has 1 heterocycles. The molecule has 0 atom stereocenters. The highest BCUT2D eigenvalue weighted by Gasteiger charge is 2.13. The van der Waals surface area contributed by atoms with Crippen LogP contribution in [0.25, 0.3) is 11.3 Å². The first-order valence-corrected chi connectivity index (χ1v) is 10.2. The first-order valence-electron chi connectivity index (χ1n) is 10.2. The molecule has 30 heavy (non-hydrogen) atoms. The Labute approximate surface area is 176 Å². The minimum absolute atomic E-state index is 0.204. The fourth-order valence-electron chi connectivity index (χ4n) is 3.46. The van der Waals surface area contributed by atoms with Crippen molar-refractivity contribution in [1.82, 2.24) is 20.3 Å². The minimum atomic E-state index is -0.204. The van der Waals surface area contributed by atoms with Crippen LogP contribution in [-0.2, 0) is 19.5 Å². The van der Waals surface area contributed by atoms with Crippen molar-refractivity contribution in [3.8, 4) is 11.3 Å². The molecule has 0 spiro atoms. The van der Waals surface area contributed by atoms with Gasteiger partial charge in [0.05, 0.1) is 6.54 Å². The van der Waals surface area contributed by atoms with Gasteiger partial charge in [-0.25, -0.2) is 4.39 Å². The molecule has 0 fully saturated rings. The number of rotatable bonds is 8. The molecule has 4 rings (SSSR count). The summed E-state index contributed by atoms with van der Waals surface area (Å²) in [4.78, 5) is 1.77. The highest BCUT2D eigenvalue weighted by Crippen LogP contribution is 2.20. The van der Waals surface area contributed by atoms with Gasteiger partial charge >= 0.3 is 0 Å². The number of hydrogen-bond acceptors (Lipinski definition) is 3. The van der Waals surface area contributed by atoms with Gasteiger partial charge < -0.3 is 5.32 Å². The van der Waals surface area contributed by atoms with Gasteiger partial charge in [-0.1, -0.05) is 72.3 Å². The zero-order chi connectivity index (χ0) is 20.8. The molecule has 1 aromatic heterocycles. The third kappa shape index (κ3) is 5.19. The Morgan fingerprint density at radius 1 is 0.867 bits per heavy atom. The maximum absolute atomic E-state index is 13.0. The number of halogens is 1. The topological polar surface area (TPSA) is 42.7 Å². The second kappa shape index (κ2) is 9.46. The van der Waals surface area contributed by atoms with Crippen molar-refractivity contribution >= 4 is 0 Å². The second-order valence-corrected chi connectivity index (χ2v) is 7.43. The van der Waals surface area contributed by atoms with E-state index in [1.54, 1.807) is 4.80 Å².